The van der Waals surface area contributed by atoms with Crippen LogP contribution in [0.4, 0.5) is 0 Å². The second-order valence-corrected chi connectivity index (χ2v) is 8.69. The molecular formula is C31H34O3. The van der Waals surface area contributed by atoms with Gasteiger partial charge in [-0.05, 0) is 73.1 Å². The Kier molecular flexibility index (Phi) is 9.40. The zero-order chi connectivity index (χ0) is 24.3. The van der Waals surface area contributed by atoms with Crippen molar-refractivity contribution in [3.8, 4) is 22.3 Å². The van der Waals surface area contributed by atoms with E-state index in [4.69, 9.17) is 4.74 Å². The third kappa shape index (κ3) is 7.02. The molecule has 0 bridgehead atoms. The van der Waals surface area contributed by atoms with E-state index in [2.05, 4.69) is 49.9 Å². The Labute approximate surface area is 203 Å². The van der Waals surface area contributed by atoms with E-state index in [-0.39, 0.29) is 11.8 Å². The number of aryl methyl sites for hydroxylation is 1. The molecule has 3 aromatic rings. The van der Waals surface area contributed by atoms with Gasteiger partial charge in [-0.3, -0.25) is 4.79 Å². The normalized spacial score (nSPS) is 10.6. The summed E-state index contributed by atoms with van der Waals surface area (Å²) in [6, 6.07) is 22.0. The van der Waals surface area contributed by atoms with Gasteiger partial charge in [0.15, 0.2) is 5.78 Å². The zero-order valence-corrected chi connectivity index (χ0v) is 20.3. The Morgan fingerprint density at radius 2 is 1.38 bits per heavy atom. The molecule has 0 aliphatic carbocycles. The summed E-state index contributed by atoms with van der Waals surface area (Å²) in [5, 5.41) is 0. The number of allylic oxidation sites excluding steroid dienone is 1. The van der Waals surface area contributed by atoms with Crippen molar-refractivity contribution in [3.63, 3.8) is 0 Å². The largest absolute Gasteiger partial charge is 0.462 e. The summed E-state index contributed by atoms with van der Waals surface area (Å²) in [6.45, 7) is 8.14. The van der Waals surface area contributed by atoms with Gasteiger partial charge in [-0.15, -0.1) is 6.58 Å². The lowest BCUT2D eigenvalue weighted by Crippen LogP contribution is -2.08. The highest BCUT2D eigenvalue weighted by atomic mass is 16.5. The molecule has 3 aromatic carbocycles. The highest BCUT2D eigenvalue weighted by Crippen LogP contribution is 2.28. The number of ketones is 1. The average molecular weight is 455 g/mol. The summed E-state index contributed by atoms with van der Waals surface area (Å²) >= 11 is 0. The molecule has 0 aliphatic rings. The van der Waals surface area contributed by atoms with Crippen molar-refractivity contribution in [2.45, 2.75) is 52.4 Å². The van der Waals surface area contributed by atoms with Gasteiger partial charge in [0.25, 0.3) is 0 Å². The Bertz CT molecular complexity index is 1110. The van der Waals surface area contributed by atoms with Gasteiger partial charge in [-0.2, -0.15) is 0 Å². The summed E-state index contributed by atoms with van der Waals surface area (Å²) in [5.74, 6) is -0.332. The van der Waals surface area contributed by atoms with Gasteiger partial charge in [0, 0.05) is 12.0 Å². The fraction of sp³-hybridized carbons (Fsp3) is 0.290. The van der Waals surface area contributed by atoms with Gasteiger partial charge in [0.1, 0.15) is 0 Å². The number of carbonyl (C=O) groups is 2. The first-order chi connectivity index (χ1) is 16.5. The Morgan fingerprint density at radius 3 is 2.00 bits per heavy atom. The van der Waals surface area contributed by atoms with Crippen LogP contribution in [0, 0.1) is 6.92 Å². The second kappa shape index (κ2) is 12.7. The lowest BCUT2D eigenvalue weighted by atomic mass is 9.94. The molecule has 0 N–H and O–H groups in total. The van der Waals surface area contributed by atoms with E-state index in [0.29, 0.717) is 24.2 Å². The van der Waals surface area contributed by atoms with E-state index in [1.807, 2.05) is 37.3 Å². The number of esters is 1. The minimum Gasteiger partial charge on any atom is -0.462 e. The number of unbranched alkanes of at least 4 members (excludes halogenated alkanes) is 3. The Morgan fingerprint density at radius 1 is 0.794 bits per heavy atom. The van der Waals surface area contributed by atoms with Gasteiger partial charge in [0.05, 0.1) is 12.2 Å². The number of hydrogen-bond donors (Lipinski definition) is 0. The van der Waals surface area contributed by atoms with Crippen LogP contribution in [0.2, 0.25) is 0 Å². The standard InChI is InChI=1S/C31H34O3/c1-4-6-7-8-9-10-30(32)28-20-27(21-29(22-28)31(33)34-19-5-2)26-17-15-25(16-18-26)24-13-11-23(3)12-14-24/h4,11-18,20-22H,1,5-10,19H2,2-3H3. The molecule has 3 heteroatoms. The third-order valence-corrected chi connectivity index (χ3v) is 5.84. The molecule has 0 atom stereocenters. The van der Waals surface area contributed by atoms with Crippen LogP contribution in [0.3, 0.4) is 0 Å². The number of hydrogen-bond acceptors (Lipinski definition) is 3. The molecule has 34 heavy (non-hydrogen) atoms. The highest BCUT2D eigenvalue weighted by Gasteiger charge is 2.15. The van der Waals surface area contributed by atoms with Crippen molar-refractivity contribution in [2.24, 2.45) is 0 Å². The predicted octanol–water partition coefficient (Wildman–Crippen LogP) is 8.22. The minimum atomic E-state index is -0.389. The first-order valence-corrected chi connectivity index (χ1v) is 12.2. The van der Waals surface area contributed by atoms with E-state index in [1.165, 1.54) is 5.56 Å². The van der Waals surface area contributed by atoms with Gasteiger partial charge in [-0.25, -0.2) is 4.79 Å². The third-order valence-electron chi connectivity index (χ3n) is 5.84. The zero-order valence-electron chi connectivity index (χ0n) is 20.3. The van der Waals surface area contributed by atoms with Gasteiger partial charge in [-0.1, -0.05) is 73.5 Å². The van der Waals surface area contributed by atoms with Crippen LogP contribution in [0.25, 0.3) is 22.3 Å². The summed E-state index contributed by atoms with van der Waals surface area (Å²) in [6.07, 6.45) is 6.96. The van der Waals surface area contributed by atoms with Gasteiger partial charge < -0.3 is 4.74 Å². The van der Waals surface area contributed by atoms with Crippen molar-refractivity contribution in [1.82, 2.24) is 0 Å². The minimum absolute atomic E-state index is 0.0567. The SMILES string of the molecule is C=CCCCCCC(=O)c1cc(C(=O)OCCC)cc(-c2ccc(-c3ccc(C)cc3)cc2)c1. The van der Waals surface area contributed by atoms with Crippen LogP contribution < -0.4 is 0 Å². The lowest BCUT2D eigenvalue weighted by molar-refractivity contribution is 0.0505. The summed E-state index contributed by atoms with van der Waals surface area (Å²) in [7, 11) is 0. The summed E-state index contributed by atoms with van der Waals surface area (Å²) in [4.78, 5) is 25.6. The maximum atomic E-state index is 12.9. The smallest absolute Gasteiger partial charge is 0.338 e. The first-order valence-electron chi connectivity index (χ1n) is 12.2. The quantitative estimate of drug-likeness (QED) is 0.120. The van der Waals surface area contributed by atoms with E-state index in [0.717, 1.165) is 54.4 Å². The molecule has 3 rings (SSSR count). The molecule has 0 spiro atoms. The Hall–Kier alpha value is -3.46. The maximum absolute atomic E-state index is 12.9. The molecule has 0 unspecified atom stereocenters. The van der Waals surface area contributed by atoms with Crippen LogP contribution in [0.5, 0.6) is 0 Å². The maximum Gasteiger partial charge on any atom is 0.338 e. The molecule has 176 valence electrons. The number of benzene rings is 3. The van der Waals surface area contributed by atoms with E-state index in [1.54, 1.807) is 6.07 Å². The molecule has 0 fully saturated rings. The van der Waals surface area contributed by atoms with Crippen molar-refractivity contribution < 1.29 is 14.3 Å². The second-order valence-electron chi connectivity index (χ2n) is 8.69. The van der Waals surface area contributed by atoms with E-state index < -0.39 is 0 Å². The lowest BCUT2D eigenvalue weighted by Gasteiger charge is -2.11. The monoisotopic (exact) mass is 454 g/mol. The number of ether oxygens (including phenoxy) is 1. The van der Waals surface area contributed by atoms with Crippen molar-refractivity contribution >= 4 is 11.8 Å². The molecular weight excluding hydrogens is 420 g/mol. The van der Waals surface area contributed by atoms with Crippen LogP contribution >= 0.6 is 0 Å². The molecule has 3 nitrogen and oxygen atoms in total. The Balaban J connectivity index is 1.86. The average Bonchev–Trinajstić information content (AvgIpc) is 2.87. The molecule has 0 aromatic heterocycles. The fourth-order valence-corrected chi connectivity index (χ4v) is 3.85. The van der Waals surface area contributed by atoms with Crippen molar-refractivity contribution in [1.29, 1.82) is 0 Å². The number of Topliss-reactive ketones (excluding diaryl/α,β-unsaturated/α-hetero) is 1. The first kappa shape index (κ1) is 25.2. The van der Waals surface area contributed by atoms with Crippen LogP contribution in [0.1, 0.15) is 71.7 Å². The van der Waals surface area contributed by atoms with Crippen LogP contribution in [-0.2, 0) is 4.74 Å². The van der Waals surface area contributed by atoms with E-state index in [9.17, 15) is 9.59 Å². The number of rotatable bonds is 12. The van der Waals surface area contributed by atoms with Crippen LogP contribution in [-0.4, -0.2) is 18.4 Å². The highest BCUT2D eigenvalue weighted by molar-refractivity contribution is 6.01. The number of carbonyl (C=O) groups excluding carboxylic acids is 2. The van der Waals surface area contributed by atoms with Gasteiger partial charge >= 0.3 is 5.97 Å². The predicted molar refractivity (Wildman–Crippen MR) is 140 cm³/mol. The summed E-state index contributed by atoms with van der Waals surface area (Å²) < 4.78 is 5.36. The molecule has 0 amide bonds. The van der Waals surface area contributed by atoms with Crippen LogP contribution in [0.15, 0.2) is 79.4 Å². The van der Waals surface area contributed by atoms with Crippen molar-refractivity contribution in [3.05, 3.63) is 96.1 Å². The fourth-order valence-electron chi connectivity index (χ4n) is 3.85. The van der Waals surface area contributed by atoms with Gasteiger partial charge in [0.2, 0.25) is 0 Å². The molecule has 0 aliphatic heterocycles. The molecule has 0 heterocycles. The summed E-state index contributed by atoms with van der Waals surface area (Å²) in [5.41, 5.74) is 6.29. The topological polar surface area (TPSA) is 43.4 Å². The molecule has 0 saturated carbocycles. The van der Waals surface area contributed by atoms with E-state index >= 15 is 0 Å². The van der Waals surface area contributed by atoms with Crippen molar-refractivity contribution in [2.75, 3.05) is 6.61 Å². The molecule has 0 saturated heterocycles. The molecule has 0 radical (unpaired) electrons.